The summed E-state index contributed by atoms with van der Waals surface area (Å²) < 4.78 is 11.2. The highest BCUT2D eigenvalue weighted by Crippen LogP contribution is 2.28. The minimum atomic E-state index is -0.656. The number of rotatable bonds is 28. The minimum absolute atomic E-state index is 0.0542. The van der Waals surface area contributed by atoms with Gasteiger partial charge in [-0.2, -0.15) is 0 Å². The second-order valence-electron chi connectivity index (χ2n) is 13.7. The van der Waals surface area contributed by atoms with Crippen molar-refractivity contribution in [3.05, 3.63) is 11.6 Å². The topological polar surface area (TPSA) is 96.2 Å². The molecule has 0 radical (unpaired) electrons. The highest BCUT2D eigenvalue weighted by Gasteiger charge is 2.35. The quantitative estimate of drug-likeness (QED) is 0.0606. The van der Waals surface area contributed by atoms with Crippen LogP contribution in [0.2, 0.25) is 0 Å². The number of carbonyl (C=O) groups excluding carboxylic acids is 1. The molecule has 0 spiro atoms. The first kappa shape index (κ1) is 38.2. The highest BCUT2D eigenvalue weighted by atomic mass is 16.5. The Morgan fingerprint density at radius 1 is 0.674 bits per heavy atom. The zero-order valence-corrected chi connectivity index (χ0v) is 28.0. The second kappa shape index (κ2) is 24.3. The summed E-state index contributed by atoms with van der Waals surface area (Å²) >= 11 is 0. The molecule has 6 atom stereocenters. The number of aliphatic hydroxyl groups excluding tert-OH is 3. The van der Waals surface area contributed by atoms with Crippen LogP contribution in [0.4, 0.5) is 0 Å². The normalized spacial score (nSPS) is 22.5. The van der Waals surface area contributed by atoms with E-state index in [1.54, 1.807) is 0 Å². The Kier molecular flexibility index (Phi) is 21.6. The van der Waals surface area contributed by atoms with E-state index in [2.05, 4.69) is 6.92 Å². The summed E-state index contributed by atoms with van der Waals surface area (Å²) in [6, 6.07) is 0. The van der Waals surface area contributed by atoms with Crippen LogP contribution < -0.4 is 0 Å². The number of esters is 1. The Labute approximate surface area is 264 Å². The van der Waals surface area contributed by atoms with Crippen molar-refractivity contribution in [3.63, 3.8) is 0 Å². The fourth-order valence-corrected chi connectivity index (χ4v) is 6.76. The molecule has 0 bridgehead atoms. The molecule has 0 aromatic rings. The van der Waals surface area contributed by atoms with Gasteiger partial charge in [-0.3, -0.25) is 0 Å². The predicted octanol–water partition coefficient (Wildman–Crippen LogP) is 8.87. The monoisotopic (exact) mass is 609 g/mol. The van der Waals surface area contributed by atoms with Crippen molar-refractivity contribution in [3.8, 4) is 0 Å². The number of carbonyl (C=O) groups is 1. The fraction of sp³-hybridized carbons (Fsp3) is 0.919. The molecule has 1 fully saturated rings. The van der Waals surface area contributed by atoms with Gasteiger partial charge in [0.2, 0.25) is 0 Å². The van der Waals surface area contributed by atoms with E-state index in [0.29, 0.717) is 6.42 Å². The first-order chi connectivity index (χ1) is 20.9. The third kappa shape index (κ3) is 18.0. The Morgan fingerprint density at radius 3 is 1.65 bits per heavy atom. The first-order valence-electron chi connectivity index (χ1n) is 18.5. The summed E-state index contributed by atoms with van der Waals surface area (Å²) in [7, 11) is 0. The summed E-state index contributed by atoms with van der Waals surface area (Å²) in [6.45, 7) is 4.17. The predicted molar refractivity (Wildman–Crippen MR) is 176 cm³/mol. The molecule has 0 aliphatic carbocycles. The lowest BCUT2D eigenvalue weighted by Crippen LogP contribution is -2.33. The van der Waals surface area contributed by atoms with Crippen LogP contribution in [0.25, 0.3) is 0 Å². The molecule has 2 aliphatic heterocycles. The van der Waals surface area contributed by atoms with E-state index in [4.69, 9.17) is 9.47 Å². The number of unbranched alkanes of at least 4 members (excludes halogenated alkanes) is 18. The van der Waals surface area contributed by atoms with Crippen molar-refractivity contribution in [1.29, 1.82) is 0 Å². The van der Waals surface area contributed by atoms with Gasteiger partial charge in [0.05, 0.1) is 30.5 Å². The Balaban J connectivity index is 1.37. The molecule has 0 amide bonds. The van der Waals surface area contributed by atoms with E-state index in [9.17, 15) is 20.1 Å². The number of ether oxygens (including phenoxy) is 2. The summed E-state index contributed by atoms with van der Waals surface area (Å²) in [5.41, 5.74) is 0.859. The molecule has 0 saturated carbocycles. The lowest BCUT2D eigenvalue weighted by molar-refractivity contribution is -0.139. The van der Waals surface area contributed by atoms with Gasteiger partial charge in [-0.05, 0) is 51.5 Å². The first-order valence-corrected chi connectivity index (χ1v) is 18.5. The van der Waals surface area contributed by atoms with E-state index in [-0.39, 0.29) is 24.3 Å². The smallest absolute Gasteiger partial charge is 0.334 e. The summed E-state index contributed by atoms with van der Waals surface area (Å²) in [5, 5.41) is 31.7. The number of cyclic esters (lactones) is 1. The fourth-order valence-electron chi connectivity index (χ4n) is 6.76. The van der Waals surface area contributed by atoms with Gasteiger partial charge in [-0.1, -0.05) is 129 Å². The molecule has 1 unspecified atom stereocenters. The number of hydrogen-bond acceptors (Lipinski definition) is 6. The van der Waals surface area contributed by atoms with Crippen LogP contribution >= 0.6 is 0 Å². The van der Waals surface area contributed by atoms with Crippen LogP contribution in [0.15, 0.2) is 11.6 Å². The van der Waals surface area contributed by atoms with Crippen molar-refractivity contribution < 1.29 is 29.6 Å². The summed E-state index contributed by atoms with van der Waals surface area (Å²) in [6.07, 6.45) is 28.9. The highest BCUT2D eigenvalue weighted by molar-refractivity contribution is 5.90. The average molecular weight is 609 g/mol. The molecule has 43 heavy (non-hydrogen) atoms. The lowest BCUT2D eigenvalue weighted by Gasteiger charge is -2.23. The largest absolute Gasteiger partial charge is 0.455 e. The Bertz CT molecular complexity index is 724. The van der Waals surface area contributed by atoms with Gasteiger partial charge in [0.15, 0.2) is 0 Å². The lowest BCUT2D eigenvalue weighted by atomic mass is 9.98. The molecule has 1 saturated heterocycles. The SMILES string of the molecule is CCCCCCCCCCCC[C@H](O)[C@H]1CCC([C@H](O)C[C@@H](O)CCCCCCCCCCCCC2=C[C@H](C)OC2=O)O1. The Hall–Kier alpha value is -0.950. The maximum absolute atomic E-state index is 11.6. The van der Waals surface area contributed by atoms with Crippen LogP contribution in [-0.4, -0.2) is 57.9 Å². The molecule has 3 N–H and O–H groups in total. The van der Waals surface area contributed by atoms with E-state index in [0.717, 1.165) is 63.4 Å². The Morgan fingerprint density at radius 2 is 1.14 bits per heavy atom. The molecule has 6 heteroatoms. The van der Waals surface area contributed by atoms with Gasteiger partial charge in [0, 0.05) is 12.0 Å². The maximum Gasteiger partial charge on any atom is 0.334 e. The minimum Gasteiger partial charge on any atom is -0.455 e. The molecule has 2 heterocycles. The zero-order valence-electron chi connectivity index (χ0n) is 28.0. The van der Waals surface area contributed by atoms with Gasteiger partial charge in [0.1, 0.15) is 6.10 Å². The maximum atomic E-state index is 11.6. The molecule has 252 valence electrons. The van der Waals surface area contributed by atoms with Gasteiger partial charge in [-0.25, -0.2) is 4.79 Å². The van der Waals surface area contributed by atoms with Gasteiger partial charge in [0.25, 0.3) is 0 Å². The third-order valence-corrected chi connectivity index (χ3v) is 9.54. The van der Waals surface area contributed by atoms with E-state index in [1.807, 2.05) is 13.0 Å². The van der Waals surface area contributed by atoms with E-state index < -0.39 is 18.3 Å². The van der Waals surface area contributed by atoms with Crippen LogP contribution in [-0.2, 0) is 14.3 Å². The summed E-state index contributed by atoms with van der Waals surface area (Å²) in [4.78, 5) is 11.6. The number of aliphatic hydroxyl groups is 3. The van der Waals surface area contributed by atoms with Crippen LogP contribution in [0.1, 0.15) is 181 Å². The van der Waals surface area contributed by atoms with E-state index >= 15 is 0 Å². The van der Waals surface area contributed by atoms with Gasteiger partial charge < -0.3 is 24.8 Å². The van der Waals surface area contributed by atoms with Crippen LogP contribution in [0.3, 0.4) is 0 Å². The van der Waals surface area contributed by atoms with Crippen LogP contribution in [0.5, 0.6) is 0 Å². The van der Waals surface area contributed by atoms with Gasteiger partial charge in [-0.15, -0.1) is 0 Å². The van der Waals surface area contributed by atoms with Crippen molar-refractivity contribution in [2.24, 2.45) is 0 Å². The third-order valence-electron chi connectivity index (χ3n) is 9.54. The standard InChI is InChI=1S/C37H68O6/c1-3-4-5-6-7-8-13-16-19-22-25-33(39)35-26-27-36(43-35)34(40)29-32(38)24-21-18-15-12-10-9-11-14-17-20-23-31-28-30(2)42-37(31)41/h28,30,32-36,38-40H,3-27,29H2,1-2H3/t30-,32-,33-,34+,35+,36?/m0/s1. The van der Waals surface area contributed by atoms with Crippen molar-refractivity contribution >= 4 is 5.97 Å². The van der Waals surface area contributed by atoms with E-state index in [1.165, 1.54) is 103 Å². The van der Waals surface area contributed by atoms with Crippen molar-refractivity contribution in [2.45, 2.75) is 217 Å². The molecular formula is C37H68O6. The summed E-state index contributed by atoms with van der Waals surface area (Å²) in [5.74, 6) is -0.127. The van der Waals surface area contributed by atoms with Gasteiger partial charge >= 0.3 is 5.97 Å². The molecule has 0 aromatic carbocycles. The number of hydrogen-bond donors (Lipinski definition) is 3. The molecule has 6 nitrogen and oxygen atoms in total. The molecular weight excluding hydrogens is 540 g/mol. The molecule has 0 aromatic heterocycles. The van der Waals surface area contributed by atoms with Crippen molar-refractivity contribution in [1.82, 2.24) is 0 Å². The van der Waals surface area contributed by atoms with Crippen molar-refractivity contribution in [2.75, 3.05) is 0 Å². The molecule has 2 rings (SSSR count). The average Bonchev–Trinajstić information content (AvgIpc) is 3.60. The zero-order chi connectivity index (χ0) is 31.1. The second-order valence-corrected chi connectivity index (χ2v) is 13.7. The molecule has 2 aliphatic rings. The van der Waals surface area contributed by atoms with Crippen LogP contribution in [0, 0.1) is 0 Å².